The SMILES string of the molecule is O=C1COCCCN1CCCNc1cc(Cl)ncc1C(F)(F)F. The summed E-state index contributed by atoms with van der Waals surface area (Å²) < 4.78 is 43.8. The number of alkyl halides is 3. The van der Waals surface area contributed by atoms with Crippen molar-refractivity contribution in [3.63, 3.8) is 0 Å². The molecule has 1 aliphatic heterocycles. The first kappa shape index (κ1) is 17.8. The van der Waals surface area contributed by atoms with E-state index in [1.54, 1.807) is 4.90 Å². The maximum atomic E-state index is 12.9. The third-order valence-electron chi connectivity index (χ3n) is 3.39. The minimum absolute atomic E-state index is 0.0136. The summed E-state index contributed by atoms with van der Waals surface area (Å²) in [6.45, 7) is 1.97. The monoisotopic (exact) mass is 351 g/mol. The van der Waals surface area contributed by atoms with Crippen LogP contribution in [0.2, 0.25) is 5.15 Å². The predicted molar refractivity (Wildman–Crippen MR) is 79.4 cm³/mol. The molecule has 5 nitrogen and oxygen atoms in total. The van der Waals surface area contributed by atoms with E-state index >= 15 is 0 Å². The highest BCUT2D eigenvalue weighted by Crippen LogP contribution is 2.35. The lowest BCUT2D eigenvalue weighted by molar-refractivity contribution is -0.137. The molecule has 128 valence electrons. The lowest BCUT2D eigenvalue weighted by atomic mass is 10.2. The Morgan fingerprint density at radius 1 is 1.43 bits per heavy atom. The first-order valence-electron chi connectivity index (χ1n) is 7.20. The lowest BCUT2D eigenvalue weighted by Crippen LogP contribution is -2.34. The Balaban J connectivity index is 1.89. The molecule has 23 heavy (non-hydrogen) atoms. The largest absolute Gasteiger partial charge is 0.419 e. The van der Waals surface area contributed by atoms with E-state index in [9.17, 15) is 18.0 Å². The van der Waals surface area contributed by atoms with Gasteiger partial charge in [0.15, 0.2) is 0 Å². The van der Waals surface area contributed by atoms with Crippen LogP contribution in [-0.4, -0.2) is 48.6 Å². The maximum absolute atomic E-state index is 12.9. The van der Waals surface area contributed by atoms with Gasteiger partial charge in [0, 0.05) is 32.4 Å². The van der Waals surface area contributed by atoms with E-state index in [2.05, 4.69) is 10.3 Å². The maximum Gasteiger partial charge on any atom is 0.419 e. The highest BCUT2D eigenvalue weighted by atomic mass is 35.5. The highest BCUT2D eigenvalue weighted by molar-refractivity contribution is 6.29. The summed E-state index contributed by atoms with van der Waals surface area (Å²) in [6.07, 6.45) is -2.52. The van der Waals surface area contributed by atoms with Gasteiger partial charge in [-0.2, -0.15) is 13.2 Å². The van der Waals surface area contributed by atoms with Gasteiger partial charge in [-0.15, -0.1) is 0 Å². The molecule has 1 aromatic rings. The summed E-state index contributed by atoms with van der Waals surface area (Å²) in [7, 11) is 0. The zero-order chi connectivity index (χ0) is 16.9. The van der Waals surface area contributed by atoms with E-state index in [-0.39, 0.29) is 29.9 Å². The molecule has 0 atom stereocenters. The summed E-state index contributed by atoms with van der Waals surface area (Å²) in [5, 5.41) is 2.70. The van der Waals surface area contributed by atoms with Crippen molar-refractivity contribution in [1.29, 1.82) is 0 Å². The number of hydrogen-bond donors (Lipinski definition) is 1. The van der Waals surface area contributed by atoms with E-state index in [0.29, 0.717) is 32.3 Å². The summed E-state index contributed by atoms with van der Waals surface area (Å²) >= 11 is 5.65. The van der Waals surface area contributed by atoms with Gasteiger partial charge >= 0.3 is 6.18 Å². The number of pyridine rings is 1. The Morgan fingerprint density at radius 3 is 2.96 bits per heavy atom. The van der Waals surface area contributed by atoms with E-state index < -0.39 is 11.7 Å². The first-order chi connectivity index (χ1) is 10.9. The second kappa shape index (κ2) is 7.83. The molecular weight excluding hydrogens is 335 g/mol. The molecule has 1 amide bonds. The number of nitrogens with zero attached hydrogens (tertiary/aromatic N) is 2. The molecule has 1 saturated heterocycles. The van der Waals surface area contributed by atoms with Crippen LogP contribution in [0.25, 0.3) is 0 Å². The van der Waals surface area contributed by atoms with Gasteiger partial charge in [-0.25, -0.2) is 4.98 Å². The van der Waals surface area contributed by atoms with E-state index in [4.69, 9.17) is 16.3 Å². The van der Waals surface area contributed by atoms with Gasteiger partial charge in [0.1, 0.15) is 11.8 Å². The van der Waals surface area contributed by atoms with Crippen LogP contribution < -0.4 is 5.32 Å². The Hall–Kier alpha value is -1.54. The number of nitrogens with one attached hydrogen (secondary N) is 1. The molecule has 0 spiro atoms. The molecule has 0 aliphatic carbocycles. The fourth-order valence-electron chi connectivity index (χ4n) is 2.26. The van der Waals surface area contributed by atoms with Crippen LogP contribution in [0.15, 0.2) is 12.3 Å². The molecule has 2 heterocycles. The lowest BCUT2D eigenvalue weighted by Gasteiger charge is -2.20. The van der Waals surface area contributed by atoms with Crippen molar-refractivity contribution in [1.82, 2.24) is 9.88 Å². The fraction of sp³-hybridized carbons (Fsp3) is 0.571. The van der Waals surface area contributed by atoms with Crippen molar-refractivity contribution in [3.8, 4) is 0 Å². The van der Waals surface area contributed by atoms with Crippen molar-refractivity contribution >= 4 is 23.2 Å². The number of carbonyl (C=O) groups excluding carboxylic acids is 1. The highest BCUT2D eigenvalue weighted by Gasteiger charge is 2.34. The minimum Gasteiger partial charge on any atom is -0.384 e. The van der Waals surface area contributed by atoms with Gasteiger partial charge in [0.05, 0.1) is 11.3 Å². The van der Waals surface area contributed by atoms with Crippen molar-refractivity contribution in [2.75, 3.05) is 38.2 Å². The molecule has 0 aromatic carbocycles. The standard InChI is InChI=1S/C14H17ClF3N3O2/c15-12-7-11(10(8-20-12)14(16,17)18)19-3-1-4-21-5-2-6-23-9-13(21)22/h7-8H,1-6,9H2,(H,19,20). The van der Waals surface area contributed by atoms with Crippen LogP contribution >= 0.6 is 11.6 Å². The Kier molecular flexibility index (Phi) is 6.06. The number of carbonyl (C=O) groups is 1. The van der Waals surface area contributed by atoms with Crippen molar-refractivity contribution in [2.24, 2.45) is 0 Å². The van der Waals surface area contributed by atoms with Gasteiger partial charge in [-0.05, 0) is 18.9 Å². The average molecular weight is 352 g/mol. The van der Waals surface area contributed by atoms with E-state index in [1.165, 1.54) is 0 Å². The van der Waals surface area contributed by atoms with Crippen molar-refractivity contribution in [2.45, 2.75) is 19.0 Å². The summed E-state index contributed by atoms with van der Waals surface area (Å²) in [4.78, 5) is 16.8. The normalized spacial score (nSPS) is 16.3. The molecule has 9 heteroatoms. The number of rotatable bonds is 5. The van der Waals surface area contributed by atoms with Gasteiger partial charge < -0.3 is 15.0 Å². The van der Waals surface area contributed by atoms with Crippen LogP contribution in [0.5, 0.6) is 0 Å². The summed E-state index contributed by atoms with van der Waals surface area (Å²) in [6, 6.07) is 1.15. The smallest absolute Gasteiger partial charge is 0.384 e. The number of hydrogen-bond acceptors (Lipinski definition) is 4. The van der Waals surface area contributed by atoms with Gasteiger partial charge in [0.25, 0.3) is 0 Å². The fourth-order valence-corrected chi connectivity index (χ4v) is 2.42. The van der Waals surface area contributed by atoms with Crippen LogP contribution in [-0.2, 0) is 15.7 Å². The Morgan fingerprint density at radius 2 is 2.22 bits per heavy atom. The predicted octanol–water partition coefficient (Wildman–Crippen LogP) is 2.80. The molecule has 0 radical (unpaired) electrons. The molecule has 1 aliphatic rings. The van der Waals surface area contributed by atoms with E-state index in [1.807, 2.05) is 0 Å². The second-order valence-electron chi connectivity index (χ2n) is 5.12. The Bertz CT molecular complexity index is 555. The Labute approximate surface area is 136 Å². The average Bonchev–Trinajstić information content (AvgIpc) is 2.67. The summed E-state index contributed by atoms with van der Waals surface area (Å²) in [5.41, 5.74) is -0.968. The van der Waals surface area contributed by atoms with Gasteiger partial charge in [0.2, 0.25) is 5.91 Å². The third kappa shape index (κ3) is 5.24. The number of ether oxygens (including phenoxy) is 1. The molecule has 0 unspecified atom stereocenters. The molecule has 1 aromatic heterocycles. The summed E-state index contributed by atoms with van der Waals surface area (Å²) in [5.74, 6) is -0.0922. The molecule has 2 rings (SSSR count). The first-order valence-corrected chi connectivity index (χ1v) is 7.58. The topological polar surface area (TPSA) is 54.5 Å². The van der Waals surface area contributed by atoms with E-state index in [0.717, 1.165) is 12.5 Å². The molecule has 0 bridgehead atoms. The molecule has 1 fully saturated rings. The molecule has 1 N–H and O–H groups in total. The van der Waals surface area contributed by atoms with Crippen molar-refractivity contribution in [3.05, 3.63) is 23.0 Å². The quantitative estimate of drug-likeness (QED) is 0.654. The molecular formula is C14H17ClF3N3O2. The van der Waals surface area contributed by atoms with Gasteiger partial charge in [-0.3, -0.25) is 4.79 Å². The van der Waals surface area contributed by atoms with Crippen LogP contribution in [0, 0.1) is 0 Å². The number of anilines is 1. The zero-order valence-corrected chi connectivity index (χ0v) is 13.1. The number of amides is 1. The van der Waals surface area contributed by atoms with Crippen LogP contribution in [0.1, 0.15) is 18.4 Å². The van der Waals surface area contributed by atoms with Crippen LogP contribution in [0.3, 0.4) is 0 Å². The van der Waals surface area contributed by atoms with Crippen molar-refractivity contribution < 1.29 is 22.7 Å². The number of halogens is 4. The second-order valence-corrected chi connectivity index (χ2v) is 5.50. The zero-order valence-electron chi connectivity index (χ0n) is 12.3. The third-order valence-corrected chi connectivity index (χ3v) is 3.60. The van der Waals surface area contributed by atoms with Gasteiger partial charge in [-0.1, -0.05) is 11.6 Å². The molecule has 0 saturated carbocycles. The van der Waals surface area contributed by atoms with Crippen LogP contribution in [0.4, 0.5) is 18.9 Å². The minimum atomic E-state index is -4.50. The number of aromatic nitrogens is 1.